The maximum Gasteiger partial charge on any atom is 0.305 e. The molecule has 1 aromatic rings. The van der Waals surface area contributed by atoms with Crippen molar-refractivity contribution >= 4 is 29.2 Å². The average Bonchev–Trinajstić information content (AvgIpc) is 2.27. The number of primary amides is 1. The second-order valence-electron chi connectivity index (χ2n) is 3.87. The number of carbonyl (C=O) groups excluding carboxylic acids is 1. The predicted molar refractivity (Wildman–Crippen MR) is 69.9 cm³/mol. The molecule has 0 aliphatic rings. The van der Waals surface area contributed by atoms with E-state index in [0.717, 1.165) is 0 Å². The lowest BCUT2D eigenvalue weighted by Gasteiger charge is -2.18. The first-order valence-corrected chi connectivity index (χ1v) is 5.90. The van der Waals surface area contributed by atoms with Crippen LogP contribution in [0.15, 0.2) is 18.2 Å². The summed E-state index contributed by atoms with van der Waals surface area (Å²) in [6.45, 7) is 1.86. The summed E-state index contributed by atoms with van der Waals surface area (Å²) in [6.07, 6.45) is 0.568. The molecule has 0 bridgehead atoms. The van der Waals surface area contributed by atoms with Gasteiger partial charge in [-0.3, -0.25) is 9.59 Å². The number of hydrogen-bond donors (Lipinski definition) is 3. The summed E-state index contributed by atoms with van der Waals surface area (Å²) in [7, 11) is 0. The van der Waals surface area contributed by atoms with E-state index >= 15 is 0 Å². The van der Waals surface area contributed by atoms with Gasteiger partial charge in [-0.05, 0) is 18.6 Å². The molecule has 0 heterocycles. The minimum absolute atomic E-state index is 0.0405. The summed E-state index contributed by atoms with van der Waals surface area (Å²) in [6, 6.07) is 4.60. The summed E-state index contributed by atoms with van der Waals surface area (Å²) in [5.41, 5.74) is 5.90. The highest BCUT2D eigenvalue weighted by Gasteiger charge is 2.16. The zero-order valence-electron chi connectivity index (χ0n) is 9.94. The maximum absolute atomic E-state index is 11.3. The SMILES string of the molecule is CCC(CC(=O)O)Nc1cccc(Cl)c1C(N)=O. The molecule has 1 aromatic carbocycles. The van der Waals surface area contributed by atoms with E-state index in [2.05, 4.69) is 5.32 Å². The van der Waals surface area contributed by atoms with Crippen LogP contribution in [0.2, 0.25) is 5.02 Å². The van der Waals surface area contributed by atoms with E-state index in [0.29, 0.717) is 12.1 Å². The van der Waals surface area contributed by atoms with Crippen molar-refractivity contribution in [3.05, 3.63) is 28.8 Å². The molecule has 0 aliphatic carbocycles. The molecular formula is C12H15ClN2O3. The van der Waals surface area contributed by atoms with Crippen molar-refractivity contribution in [2.75, 3.05) is 5.32 Å². The van der Waals surface area contributed by atoms with E-state index in [1.165, 1.54) is 0 Å². The minimum Gasteiger partial charge on any atom is -0.481 e. The second kappa shape index (κ2) is 6.26. The molecule has 5 nitrogen and oxygen atoms in total. The van der Waals surface area contributed by atoms with Crippen molar-refractivity contribution in [2.45, 2.75) is 25.8 Å². The van der Waals surface area contributed by atoms with Crippen molar-refractivity contribution in [2.24, 2.45) is 5.73 Å². The third kappa shape index (κ3) is 3.63. The number of nitrogens with two attached hydrogens (primary N) is 1. The van der Waals surface area contributed by atoms with Gasteiger partial charge in [0.25, 0.3) is 5.91 Å². The van der Waals surface area contributed by atoms with E-state index in [9.17, 15) is 9.59 Å². The van der Waals surface area contributed by atoms with Gasteiger partial charge in [0.2, 0.25) is 0 Å². The fraction of sp³-hybridized carbons (Fsp3) is 0.333. The smallest absolute Gasteiger partial charge is 0.305 e. The molecule has 1 amide bonds. The van der Waals surface area contributed by atoms with Gasteiger partial charge < -0.3 is 16.2 Å². The van der Waals surface area contributed by atoms with E-state index in [-0.39, 0.29) is 23.0 Å². The van der Waals surface area contributed by atoms with Gasteiger partial charge in [0.05, 0.1) is 17.0 Å². The zero-order valence-corrected chi connectivity index (χ0v) is 10.7. The Morgan fingerprint density at radius 2 is 2.17 bits per heavy atom. The standard InChI is InChI=1S/C12H15ClN2O3/c1-2-7(6-10(16)17)15-9-5-3-4-8(13)11(9)12(14)18/h3-5,7,15H,2,6H2,1H3,(H2,14,18)(H,16,17). The number of carboxylic acid groups (broad SMARTS) is 1. The van der Waals surface area contributed by atoms with Crippen LogP contribution in [0, 0.1) is 0 Å². The monoisotopic (exact) mass is 270 g/mol. The Bertz CT molecular complexity index is 463. The predicted octanol–water partition coefficient (Wildman–Crippen LogP) is 2.10. The van der Waals surface area contributed by atoms with Crippen molar-refractivity contribution < 1.29 is 14.7 Å². The van der Waals surface area contributed by atoms with Crippen LogP contribution in [-0.2, 0) is 4.79 Å². The van der Waals surface area contributed by atoms with Crippen LogP contribution < -0.4 is 11.1 Å². The Labute approximate surface area is 110 Å². The fourth-order valence-electron chi connectivity index (χ4n) is 1.62. The largest absolute Gasteiger partial charge is 0.481 e. The highest BCUT2D eigenvalue weighted by atomic mass is 35.5. The molecule has 0 saturated carbocycles. The number of carboxylic acids is 1. The lowest BCUT2D eigenvalue weighted by Crippen LogP contribution is -2.24. The normalized spacial score (nSPS) is 11.9. The van der Waals surface area contributed by atoms with Crippen molar-refractivity contribution in [3.63, 3.8) is 0 Å². The average molecular weight is 271 g/mol. The summed E-state index contributed by atoms with van der Waals surface area (Å²) >= 11 is 5.90. The van der Waals surface area contributed by atoms with Gasteiger partial charge >= 0.3 is 5.97 Å². The van der Waals surface area contributed by atoms with Crippen LogP contribution in [0.1, 0.15) is 30.1 Å². The Morgan fingerprint density at radius 1 is 1.50 bits per heavy atom. The molecule has 0 radical (unpaired) electrons. The molecule has 0 aromatic heterocycles. The molecule has 0 saturated heterocycles. The number of carbonyl (C=O) groups is 2. The van der Waals surface area contributed by atoms with Gasteiger partial charge in [-0.25, -0.2) is 0 Å². The molecule has 0 spiro atoms. The molecular weight excluding hydrogens is 256 g/mol. The van der Waals surface area contributed by atoms with Crippen LogP contribution in [0.4, 0.5) is 5.69 Å². The lowest BCUT2D eigenvalue weighted by atomic mass is 10.1. The summed E-state index contributed by atoms with van der Waals surface area (Å²) in [5.74, 6) is -1.55. The molecule has 0 fully saturated rings. The number of aliphatic carboxylic acids is 1. The quantitative estimate of drug-likeness (QED) is 0.738. The van der Waals surface area contributed by atoms with Gasteiger partial charge in [-0.15, -0.1) is 0 Å². The van der Waals surface area contributed by atoms with Gasteiger partial charge in [0.1, 0.15) is 0 Å². The maximum atomic E-state index is 11.3. The van der Waals surface area contributed by atoms with Gasteiger partial charge in [-0.1, -0.05) is 24.6 Å². The number of hydrogen-bond acceptors (Lipinski definition) is 3. The third-order valence-electron chi connectivity index (χ3n) is 2.53. The highest BCUT2D eigenvalue weighted by Crippen LogP contribution is 2.25. The van der Waals surface area contributed by atoms with Crippen molar-refractivity contribution in [1.29, 1.82) is 0 Å². The van der Waals surface area contributed by atoms with Crippen LogP contribution >= 0.6 is 11.6 Å². The topological polar surface area (TPSA) is 92.4 Å². The van der Waals surface area contributed by atoms with Gasteiger partial charge in [-0.2, -0.15) is 0 Å². The first-order valence-electron chi connectivity index (χ1n) is 5.52. The van der Waals surface area contributed by atoms with Crippen molar-refractivity contribution in [3.8, 4) is 0 Å². The highest BCUT2D eigenvalue weighted by molar-refractivity contribution is 6.34. The number of benzene rings is 1. The lowest BCUT2D eigenvalue weighted by molar-refractivity contribution is -0.137. The Hall–Kier alpha value is -1.75. The summed E-state index contributed by atoms with van der Waals surface area (Å²) in [5, 5.41) is 12.0. The van der Waals surface area contributed by atoms with Crippen LogP contribution in [0.5, 0.6) is 0 Å². The number of halogens is 1. The molecule has 98 valence electrons. The first kappa shape index (κ1) is 14.3. The zero-order chi connectivity index (χ0) is 13.7. The molecule has 1 atom stereocenters. The molecule has 18 heavy (non-hydrogen) atoms. The van der Waals surface area contributed by atoms with Crippen molar-refractivity contribution in [1.82, 2.24) is 0 Å². The Balaban J connectivity index is 2.99. The first-order chi connectivity index (χ1) is 8.45. The van der Waals surface area contributed by atoms with Crippen LogP contribution in [0.3, 0.4) is 0 Å². The van der Waals surface area contributed by atoms with E-state index in [4.69, 9.17) is 22.4 Å². The molecule has 6 heteroatoms. The summed E-state index contributed by atoms with van der Waals surface area (Å²) < 4.78 is 0. The van der Waals surface area contributed by atoms with Crippen LogP contribution in [-0.4, -0.2) is 23.0 Å². The number of amides is 1. The molecule has 0 aliphatic heterocycles. The molecule has 1 unspecified atom stereocenters. The Morgan fingerprint density at radius 3 is 2.67 bits per heavy atom. The number of rotatable bonds is 6. The van der Waals surface area contributed by atoms with E-state index < -0.39 is 11.9 Å². The number of nitrogens with one attached hydrogen (secondary N) is 1. The third-order valence-corrected chi connectivity index (χ3v) is 2.85. The minimum atomic E-state index is -0.906. The van der Waals surface area contributed by atoms with E-state index in [1.54, 1.807) is 18.2 Å². The summed E-state index contributed by atoms with van der Waals surface area (Å²) in [4.78, 5) is 22.0. The van der Waals surface area contributed by atoms with E-state index in [1.807, 2.05) is 6.92 Å². The second-order valence-corrected chi connectivity index (χ2v) is 4.28. The van der Waals surface area contributed by atoms with Gasteiger partial charge in [0.15, 0.2) is 0 Å². The van der Waals surface area contributed by atoms with Gasteiger partial charge in [0, 0.05) is 11.7 Å². The van der Waals surface area contributed by atoms with Crippen LogP contribution in [0.25, 0.3) is 0 Å². The fourth-order valence-corrected chi connectivity index (χ4v) is 1.89. The Kier molecular flexibility index (Phi) is 4.97. The number of anilines is 1. The molecule has 4 N–H and O–H groups in total. The molecule has 1 rings (SSSR count).